The van der Waals surface area contributed by atoms with Gasteiger partial charge in [-0.1, -0.05) is 0 Å². The summed E-state index contributed by atoms with van der Waals surface area (Å²) < 4.78 is 11.8. The molecule has 0 bridgehead atoms. The molecule has 4 nitrogen and oxygen atoms in total. The smallest absolute Gasteiger partial charge is 0.134 e. The average molecular weight is 345 g/mol. The van der Waals surface area contributed by atoms with Crippen molar-refractivity contribution in [3.8, 4) is 5.75 Å². The van der Waals surface area contributed by atoms with Crippen molar-refractivity contribution in [1.82, 2.24) is 4.90 Å². The van der Waals surface area contributed by atoms with Crippen LogP contribution in [0.25, 0.3) is 11.0 Å². The molecule has 0 fully saturated rings. The van der Waals surface area contributed by atoms with Gasteiger partial charge in [0.05, 0.1) is 0 Å². The Hall–Kier alpha value is -1.52. The van der Waals surface area contributed by atoms with Crippen LogP contribution in [0.1, 0.15) is 51.9 Å². The molecule has 1 unspecified atom stereocenters. The molecule has 4 heteroatoms. The maximum atomic E-state index is 10.4. The van der Waals surface area contributed by atoms with Crippen molar-refractivity contribution in [2.45, 2.75) is 71.6 Å². The van der Waals surface area contributed by atoms with E-state index in [1.165, 1.54) is 23.8 Å². The average Bonchev–Trinajstić information content (AvgIpc) is 2.95. The first-order valence-electron chi connectivity index (χ1n) is 9.56. The Morgan fingerprint density at radius 3 is 2.56 bits per heavy atom. The van der Waals surface area contributed by atoms with Crippen molar-refractivity contribution in [2.24, 2.45) is 0 Å². The van der Waals surface area contributed by atoms with Gasteiger partial charge in [0.1, 0.15) is 29.8 Å². The van der Waals surface area contributed by atoms with Crippen molar-refractivity contribution in [2.75, 3.05) is 13.2 Å². The van der Waals surface area contributed by atoms with E-state index in [9.17, 15) is 5.11 Å². The molecule has 1 atom stereocenters. The predicted octanol–water partition coefficient (Wildman–Crippen LogP) is 4.17. The van der Waals surface area contributed by atoms with E-state index in [4.69, 9.17) is 9.15 Å². The second-order valence-electron chi connectivity index (χ2n) is 7.72. The summed E-state index contributed by atoms with van der Waals surface area (Å²) in [5, 5.41) is 11.5. The topological polar surface area (TPSA) is 45.8 Å². The maximum Gasteiger partial charge on any atom is 0.134 e. The summed E-state index contributed by atoms with van der Waals surface area (Å²) in [5.74, 6) is 1.95. The number of aliphatic hydroxyl groups excluding tert-OH is 1. The van der Waals surface area contributed by atoms with Crippen LogP contribution in [0.2, 0.25) is 0 Å². The lowest BCUT2D eigenvalue weighted by Crippen LogP contribution is -2.43. The molecule has 0 radical (unpaired) electrons. The van der Waals surface area contributed by atoms with E-state index in [2.05, 4.69) is 38.7 Å². The Morgan fingerprint density at radius 2 is 1.84 bits per heavy atom. The van der Waals surface area contributed by atoms with Gasteiger partial charge in [0.15, 0.2) is 0 Å². The highest BCUT2D eigenvalue weighted by atomic mass is 16.5. The van der Waals surface area contributed by atoms with Crippen molar-refractivity contribution in [3.63, 3.8) is 0 Å². The summed E-state index contributed by atoms with van der Waals surface area (Å²) in [4.78, 5) is 2.28. The predicted molar refractivity (Wildman–Crippen MR) is 101 cm³/mol. The summed E-state index contributed by atoms with van der Waals surface area (Å²) in [6.07, 6.45) is 4.07. The van der Waals surface area contributed by atoms with Crippen molar-refractivity contribution < 1.29 is 14.3 Å². The maximum absolute atomic E-state index is 10.4. The molecule has 0 saturated heterocycles. The SMILES string of the molecule is CC(C)N(CC(O)COc1ccc2oc3c(c2c1)CCCC3)C(C)C. The van der Waals surface area contributed by atoms with Gasteiger partial charge in [-0.25, -0.2) is 0 Å². The minimum Gasteiger partial charge on any atom is -0.491 e. The number of benzene rings is 1. The first kappa shape index (κ1) is 18.3. The summed E-state index contributed by atoms with van der Waals surface area (Å²) in [6.45, 7) is 9.56. The molecule has 1 heterocycles. The molecule has 3 rings (SSSR count). The van der Waals surface area contributed by atoms with Gasteiger partial charge in [0, 0.05) is 36.0 Å². The van der Waals surface area contributed by atoms with E-state index >= 15 is 0 Å². The molecule has 0 aliphatic heterocycles. The third-order valence-electron chi connectivity index (χ3n) is 5.12. The monoisotopic (exact) mass is 345 g/mol. The Labute approximate surface area is 150 Å². The Bertz CT molecular complexity index is 696. The standard InChI is InChI=1S/C21H31NO3/c1-14(2)22(15(3)4)12-16(23)13-24-17-9-10-21-19(11-17)18-7-5-6-8-20(18)25-21/h9-11,14-16,23H,5-8,12-13H2,1-4H3. The summed E-state index contributed by atoms with van der Waals surface area (Å²) >= 11 is 0. The zero-order valence-corrected chi connectivity index (χ0v) is 15.9. The second kappa shape index (κ2) is 7.79. The lowest BCUT2D eigenvalue weighted by molar-refractivity contribution is 0.0446. The molecule has 1 aliphatic carbocycles. The molecule has 0 amide bonds. The number of rotatable bonds is 7. The Morgan fingerprint density at radius 1 is 1.12 bits per heavy atom. The van der Waals surface area contributed by atoms with Gasteiger partial charge < -0.3 is 14.3 Å². The molecule has 25 heavy (non-hydrogen) atoms. The van der Waals surface area contributed by atoms with Gasteiger partial charge >= 0.3 is 0 Å². The van der Waals surface area contributed by atoms with Crippen LogP contribution in [0.3, 0.4) is 0 Å². The first-order valence-corrected chi connectivity index (χ1v) is 9.56. The highest BCUT2D eigenvalue weighted by molar-refractivity contribution is 5.84. The summed E-state index contributed by atoms with van der Waals surface area (Å²) in [6, 6.07) is 6.81. The fourth-order valence-electron chi connectivity index (χ4n) is 3.84. The van der Waals surface area contributed by atoms with Gasteiger partial charge in [-0.3, -0.25) is 4.90 Å². The van der Waals surface area contributed by atoms with Crippen molar-refractivity contribution in [1.29, 1.82) is 0 Å². The number of hydrogen-bond donors (Lipinski definition) is 1. The number of fused-ring (bicyclic) bond motifs is 3. The molecule has 1 aliphatic rings. The number of ether oxygens (including phenoxy) is 1. The van der Waals surface area contributed by atoms with Crippen molar-refractivity contribution in [3.05, 3.63) is 29.5 Å². The van der Waals surface area contributed by atoms with Gasteiger partial charge in [0.25, 0.3) is 0 Å². The number of hydrogen-bond acceptors (Lipinski definition) is 4. The molecular formula is C21H31NO3. The Kier molecular flexibility index (Phi) is 5.70. The third kappa shape index (κ3) is 4.18. The van der Waals surface area contributed by atoms with Crippen LogP contribution in [0, 0.1) is 0 Å². The van der Waals surface area contributed by atoms with E-state index in [1.807, 2.05) is 12.1 Å². The van der Waals surface area contributed by atoms with E-state index in [-0.39, 0.29) is 0 Å². The quantitative estimate of drug-likeness (QED) is 0.818. The number of nitrogens with zero attached hydrogens (tertiary/aromatic N) is 1. The van der Waals surface area contributed by atoms with Crippen LogP contribution in [0.15, 0.2) is 22.6 Å². The third-order valence-corrected chi connectivity index (χ3v) is 5.12. The molecular weight excluding hydrogens is 314 g/mol. The fraction of sp³-hybridized carbons (Fsp3) is 0.619. The molecule has 138 valence electrons. The lowest BCUT2D eigenvalue weighted by Gasteiger charge is -2.32. The van der Waals surface area contributed by atoms with Crippen LogP contribution in [0.5, 0.6) is 5.75 Å². The number of furan rings is 1. The largest absolute Gasteiger partial charge is 0.491 e. The van der Waals surface area contributed by atoms with Crippen LogP contribution < -0.4 is 4.74 Å². The van der Waals surface area contributed by atoms with Gasteiger partial charge in [-0.15, -0.1) is 0 Å². The van der Waals surface area contributed by atoms with E-state index in [1.54, 1.807) is 0 Å². The number of aryl methyl sites for hydroxylation is 2. The summed E-state index contributed by atoms with van der Waals surface area (Å²) in [7, 11) is 0. The molecule has 2 aromatic rings. The zero-order valence-electron chi connectivity index (χ0n) is 15.9. The van der Waals surface area contributed by atoms with E-state index in [0.29, 0.717) is 25.2 Å². The summed E-state index contributed by atoms with van der Waals surface area (Å²) in [5.41, 5.74) is 2.30. The lowest BCUT2D eigenvalue weighted by atomic mass is 9.96. The van der Waals surface area contributed by atoms with Crippen LogP contribution >= 0.6 is 0 Å². The van der Waals surface area contributed by atoms with Crippen LogP contribution in [-0.2, 0) is 12.8 Å². The highest BCUT2D eigenvalue weighted by Gasteiger charge is 2.20. The molecule has 0 saturated carbocycles. The fourth-order valence-corrected chi connectivity index (χ4v) is 3.84. The molecule has 1 aromatic heterocycles. The van der Waals surface area contributed by atoms with Crippen molar-refractivity contribution >= 4 is 11.0 Å². The minimum atomic E-state index is -0.501. The van der Waals surface area contributed by atoms with Crippen LogP contribution in [-0.4, -0.2) is 41.3 Å². The zero-order chi connectivity index (χ0) is 18.0. The van der Waals surface area contributed by atoms with Gasteiger partial charge in [0.2, 0.25) is 0 Å². The minimum absolute atomic E-state index is 0.307. The van der Waals surface area contributed by atoms with Crippen LogP contribution in [0.4, 0.5) is 0 Å². The van der Waals surface area contributed by atoms with E-state index in [0.717, 1.165) is 29.9 Å². The first-order chi connectivity index (χ1) is 12.0. The van der Waals surface area contributed by atoms with Gasteiger partial charge in [-0.2, -0.15) is 0 Å². The number of aliphatic hydroxyl groups is 1. The molecule has 1 N–H and O–H groups in total. The molecule has 1 aromatic carbocycles. The highest BCUT2D eigenvalue weighted by Crippen LogP contribution is 2.33. The normalized spacial score (nSPS) is 16.0. The Balaban J connectivity index is 1.65. The second-order valence-corrected chi connectivity index (χ2v) is 7.72. The molecule has 0 spiro atoms. The van der Waals surface area contributed by atoms with Gasteiger partial charge in [-0.05, 0) is 65.2 Å². The van der Waals surface area contributed by atoms with E-state index < -0.39 is 6.10 Å².